The third-order valence-corrected chi connectivity index (χ3v) is 4.08. The molecule has 3 rings (SSSR count). The summed E-state index contributed by atoms with van der Waals surface area (Å²) in [5.41, 5.74) is 3.04. The molecular weight excluding hydrogens is 276 g/mol. The molecule has 0 spiro atoms. The normalized spacial score (nSPS) is 21.1. The molecule has 5 nitrogen and oxygen atoms in total. The molecule has 1 amide bonds. The molecule has 0 aliphatic carbocycles. The van der Waals surface area contributed by atoms with Crippen molar-refractivity contribution in [1.29, 1.82) is 5.41 Å². The molecule has 0 radical (unpaired) electrons. The van der Waals surface area contributed by atoms with Crippen molar-refractivity contribution >= 4 is 11.9 Å². The van der Waals surface area contributed by atoms with E-state index in [1.54, 1.807) is 14.0 Å². The van der Waals surface area contributed by atoms with Gasteiger partial charge < -0.3 is 5.32 Å². The highest BCUT2D eigenvalue weighted by Crippen LogP contribution is 2.30. The van der Waals surface area contributed by atoms with E-state index in [9.17, 15) is 4.79 Å². The number of guanidine groups is 1. The Bertz CT molecular complexity index is 771. The first-order valence-electron chi connectivity index (χ1n) is 7.09. The Balaban J connectivity index is 2.05. The van der Waals surface area contributed by atoms with Gasteiger partial charge in [0, 0.05) is 25.0 Å². The molecule has 1 saturated heterocycles. The van der Waals surface area contributed by atoms with E-state index in [1.807, 2.05) is 43.6 Å². The van der Waals surface area contributed by atoms with Crippen molar-refractivity contribution in [2.75, 3.05) is 7.05 Å². The van der Waals surface area contributed by atoms with Crippen molar-refractivity contribution in [1.82, 2.24) is 15.2 Å². The number of aryl methyl sites for hydroxylation is 1. The van der Waals surface area contributed by atoms with Gasteiger partial charge in [-0.1, -0.05) is 18.2 Å². The second-order valence-electron chi connectivity index (χ2n) is 5.79. The Morgan fingerprint density at radius 1 is 1.23 bits per heavy atom. The Labute approximate surface area is 129 Å². The van der Waals surface area contributed by atoms with Crippen LogP contribution in [0.25, 0.3) is 11.1 Å². The van der Waals surface area contributed by atoms with Gasteiger partial charge in [0.15, 0.2) is 5.96 Å². The third-order valence-electron chi connectivity index (χ3n) is 4.08. The lowest BCUT2D eigenvalue weighted by atomic mass is 9.89. The molecule has 22 heavy (non-hydrogen) atoms. The zero-order valence-electron chi connectivity index (χ0n) is 12.8. The molecule has 5 heteroatoms. The highest BCUT2D eigenvalue weighted by molar-refractivity contribution is 6.07. The van der Waals surface area contributed by atoms with E-state index < -0.39 is 5.54 Å². The van der Waals surface area contributed by atoms with E-state index in [2.05, 4.69) is 16.4 Å². The summed E-state index contributed by atoms with van der Waals surface area (Å²) < 4.78 is 0. The molecule has 1 aliphatic heterocycles. The topological polar surface area (TPSA) is 69.1 Å². The van der Waals surface area contributed by atoms with E-state index in [0.717, 1.165) is 22.3 Å². The number of amides is 1. The molecular formula is C17H18N4O. The van der Waals surface area contributed by atoms with Gasteiger partial charge in [-0.2, -0.15) is 0 Å². The first-order chi connectivity index (χ1) is 10.4. The molecule has 1 unspecified atom stereocenters. The average molecular weight is 294 g/mol. The van der Waals surface area contributed by atoms with Crippen molar-refractivity contribution in [3.63, 3.8) is 0 Å². The fourth-order valence-corrected chi connectivity index (χ4v) is 2.73. The fourth-order valence-electron chi connectivity index (χ4n) is 2.73. The first-order valence-corrected chi connectivity index (χ1v) is 7.09. The summed E-state index contributed by atoms with van der Waals surface area (Å²) in [6, 6.07) is 9.87. The Kier molecular flexibility index (Phi) is 3.20. The quantitative estimate of drug-likeness (QED) is 0.892. The van der Waals surface area contributed by atoms with Crippen LogP contribution in [0.5, 0.6) is 0 Å². The van der Waals surface area contributed by atoms with E-state index in [1.165, 1.54) is 4.90 Å². The van der Waals surface area contributed by atoms with Gasteiger partial charge in [-0.15, -0.1) is 0 Å². The van der Waals surface area contributed by atoms with Gasteiger partial charge in [0.05, 0.1) is 0 Å². The number of carbonyl (C=O) groups is 1. The highest BCUT2D eigenvalue weighted by Gasteiger charge is 2.45. The van der Waals surface area contributed by atoms with Crippen LogP contribution in [-0.4, -0.2) is 28.8 Å². The zero-order chi connectivity index (χ0) is 15.9. The highest BCUT2D eigenvalue weighted by atomic mass is 16.2. The van der Waals surface area contributed by atoms with Crippen LogP contribution in [0.4, 0.5) is 0 Å². The smallest absolute Gasteiger partial charge is 0.259 e. The number of rotatable bonds is 2. The molecule has 1 atom stereocenters. The molecule has 1 aromatic heterocycles. The van der Waals surface area contributed by atoms with Crippen LogP contribution in [0.3, 0.4) is 0 Å². The molecule has 0 bridgehead atoms. The van der Waals surface area contributed by atoms with Gasteiger partial charge in [-0.3, -0.25) is 20.1 Å². The van der Waals surface area contributed by atoms with Crippen molar-refractivity contribution in [3.8, 4) is 11.1 Å². The predicted molar refractivity (Wildman–Crippen MR) is 85.4 cm³/mol. The third kappa shape index (κ3) is 2.15. The molecule has 1 aliphatic rings. The molecule has 1 aromatic carbocycles. The second-order valence-corrected chi connectivity index (χ2v) is 5.79. The van der Waals surface area contributed by atoms with Gasteiger partial charge in [-0.25, -0.2) is 0 Å². The molecule has 2 aromatic rings. The number of nitrogens with one attached hydrogen (secondary N) is 2. The number of hydrogen-bond acceptors (Lipinski definition) is 3. The number of benzene rings is 1. The Morgan fingerprint density at radius 3 is 2.64 bits per heavy atom. The van der Waals surface area contributed by atoms with Gasteiger partial charge in [0.25, 0.3) is 5.91 Å². The molecule has 0 saturated carbocycles. The summed E-state index contributed by atoms with van der Waals surface area (Å²) in [5.74, 6) is -0.00728. The van der Waals surface area contributed by atoms with E-state index in [-0.39, 0.29) is 11.9 Å². The maximum Gasteiger partial charge on any atom is 0.259 e. The second kappa shape index (κ2) is 4.94. The van der Waals surface area contributed by atoms with Crippen LogP contribution in [0.2, 0.25) is 0 Å². The number of aromatic nitrogens is 1. The summed E-state index contributed by atoms with van der Waals surface area (Å²) in [5, 5.41) is 10.8. The lowest BCUT2D eigenvalue weighted by Gasteiger charge is -2.22. The number of likely N-dealkylation sites (N-methyl/N-ethyl adjacent to an activating group) is 1. The van der Waals surface area contributed by atoms with Crippen LogP contribution in [0, 0.1) is 12.3 Å². The monoisotopic (exact) mass is 294 g/mol. The fraction of sp³-hybridized carbons (Fsp3) is 0.235. The van der Waals surface area contributed by atoms with Gasteiger partial charge in [0.1, 0.15) is 5.54 Å². The Morgan fingerprint density at radius 2 is 2.00 bits per heavy atom. The lowest BCUT2D eigenvalue weighted by Crippen LogP contribution is -2.40. The minimum atomic E-state index is -0.904. The van der Waals surface area contributed by atoms with Crippen molar-refractivity contribution in [2.24, 2.45) is 0 Å². The van der Waals surface area contributed by atoms with Crippen molar-refractivity contribution in [3.05, 3.63) is 53.9 Å². The first kappa shape index (κ1) is 14.3. The number of nitrogens with zero attached hydrogens (tertiary/aromatic N) is 2. The minimum absolute atomic E-state index is 0.120. The number of hydrogen-bond donors (Lipinski definition) is 2. The van der Waals surface area contributed by atoms with Gasteiger partial charge in [-0.05, 0) is 42.7 Å². The van der Waals surface area contributed by atoms with Crippen LogP contribution >= 0.6 is 0 Å². The number of carbonyl (C=O) groups excluding carboxylic acids is 1. The standard InChI is InChI=1S/C17H18N4O/c1-11-7-13(10-19-9-11)12-5-4-6-14(8-12)17(2)15(22)21(3)16(18)20-17/h4-10H,1-3H3,(H2,18,20). The SMILES string of the molecule is Cc1cncc(-c2cccc(C3(C)NC(=N)N(C)C3=O)c2)c1. The molecule has 1 fully saturated rings. The van der Waals surface area contributed by atoms with Crippen LogP contribution in [-0.2, 0) is 10.3 Å². The summed E-state index contributed by atoms with van der Waals surface area (Å²) in [6.07, 6.45) is 3.62. The van der Waals surface area contributed by atoms with Crippen molar-refractivity contribution < 1.29 is 4.79 Å². The van der Waals surface area contributed by atoms with Crippen LogP contribution < -0.4 is 5.32 Å². The molecule has 2 heterocycles. The van der Waals surface area contributed by atoms with Crippen LogP contribution in [0.15, 0.2) is 42.7 Å². The van der Waals surface area contributed by atoms with E-state index >= 15 is 0 Å². The summed E-state index contributed by atoms with van der Waals surface area (Å²) in [4.78, 5) is 18.0. The van der Waals surface area contributed by atoms with Crippen molar-refractivity contribution in [2.45, 2.75) is 19.4 Å². The summed E-state index contributed by atoms with van der Waals surface area (Å²) >= 11 is 0. The summed E-state index contributed by atoms with van der Waals surface area (Å²) in [6.45, 7) is 3.81. The average Bonchev–Trinajstić information content (AvgIpc) is 2.72. The lowest BCUT2D eigenvalue weighted by molar-refractivity contribution is -0.129. The van der Waals surface area contributed by atoms with Gasteiger partial charge >= 0.3 is 0 Å². The van der Waals surface area contributed by atoms with E-state index in [0.29, 0.717) is 0 Å². The predicted octanol–water partition coefficient (Wildman–Crippen LogP) is 2.27. The van der Waals surface area contributed by atoms with Gasteiger partial charge in [0.2, 0.25) is 0 Å². The largest absolute Gasteiger partial charge is 0.338 e. The van der Waals surface area contributed by atoms with Crippen LogP contribution in [0.1, 0.15) is 18.1 Å². The summed E-state index contributed by atoms with van der Waals surface area (Å²) in [7, 11) is 1.61. The maximum absolute atomic E-state index is 12.5. The molecule has 2 N–H and O–H groups in total. The minimum Gasteiger partial charge on any atom is -0.338 e. The zero-order valence-corrected chi connectivity index (χ0v) is 12.8. The number of pyridine rings is 1. The Hall–Kier alpha value is -2.69. The maximum atomic E-state index is 12.5. The van der Waals surface area contributed by atoms with E-state index in [4.69, 9.17) is 5.41 Å². The molecule has 112 valence electrons.